The minimum absolute atomic E-state index is 0.0820. The van der Waals surface area contributed by atoms with Gasteiger partial charge in [-0.3, -0.25) is 9.35 Å². The molecule has 0 saturated carbocycles. The van der Waals surface area contributed by atoms with E-state index in [9.17, 15) is 13.2 Å². The van der Waals surface area contributed by atoms with Gasteiger partial charge in [-0.15, -0.1) is 0 Å². The van der Waals surface area contributed by atoms with Crippen molar-refractivity contribution in [2.45, 2.75) is 11.4 Å². The lowest BCUT2D eigenvalue weighted by Gasteiger charge is -2.08. The molecule has 0 saturated heterocycles. The van der Waals surface area contributed by atoms with Crippen molar-refractivity contribution < 1.29 is 13.0 Å². The first-order chi connectivity index (χ1) is 8.79. The molecule has 1 aromatic carbocycles. The molecule has 0 aliphatic rings. The quantitative estimate of drug-likeness (QED) is 0.842. The molecule has 1 heterocycles. The SMILES string of the molecule is O=c1cc[nH]n1Cc1cc(Cl)c(S(=O)(=O)O)cc1Cl. The fourth-order valence-electron chi connectivity index (χ4n) is 1.53. The van der Waals surface area contributed by atoms with Gasteiger partial charge in [0.2, 0.25) is 0 Å². The Morgan fingerprint density at radius 3 is 2.47 bits per heavy atom. The Labute approximate surface area is 118 Å². The van der Waals surface area contributed by atoms with E-state index in [0.29, 0.717) is 5.56 Å². The predicted octanol–water partition coefficient (Wildman–Crippen LogP) is 1.78. The van der Waals surface area contributed by atoms with E-state index in [-0.39, 0.29) is 22.1 Å². The molecule has 2 aromatic rings. The van der Waals surface area contributed by atoms with E-state index in [0.717, 1.165) is 6.07 Å². The Morgan fingerprint density at radius 1 is 1.26 bits per heavy atom. The number of benzene rings is 1. The summed E-state index contributed by atoms with van der Waals surface area (Å²) in [5.74, 6) is 0. The second kappa shape index (κ2) is 5.01. The maximum Gasteiger partial charge on any atom is 0.296 e. The van der Waals surface area contributed by atoms with Crippen molar-refractivity contribution in [2.75, 3.05) is 0 Å². The Morgan fingerprint density at radius 2 is 1.95 bits per heavy atom. The first-order valence-corrected chi connectivity index (χ1v) is 7.18. The van der Waals surface area contributed by atoms with Gasteiger partial charge in [-0.05, 0) is 17.7 Å². The van der Waals surface area contributed by atoms with Crippen molar-refractivity contribution in [3.63, 3.8) is 0 Å². The third-order valence-corrected chi connectivity index (χ3v) is 4.10. The third kappa shape index (κ3) is 3.01. The van der Waals surface area contributed by atoms with Crippen LogP contribution in [0.2, 0.25) is 10.0 Å². The topological polar surface area (TPSA) is 92.2 Å². The molecule has 2 rings (SSSR count). The lowest BCUT2D eigenvalue weighted by Crippen LogP contribution is -2.17. The van der Waals surface area contributed by atoms with Crippen LogP contribution in [-0.2, 0) is 16.7 Å². The summed E-state index contributed by atoms with van der Waals surface area (Å²) in [6.07, 6.45) is 1.46. The van der Waals surface area contributed by atoms with Crippen LogP contribution >= 0.6 is 23.2 Å². The van der Waals surface area contributed by atoms with Crippen LogP contribution in [0.5, 0.6) is 0 Å². The molecule has 19 heavy (non-hydrogen) atoms. The third-order valence-electron chi connectivity index (χ3n) is 2.43. The molecule has 9 heteroatoms. The smallest absolute Gasteiger partial charge is 0.296 e. The highest BCUT2D eigenvalue weighted by atomic mass is 35.5. The van der Waals surface area contributed by atoms with Crippen molar-refractivity contribution in [3.8, 4) is 0 Å². The van der Waals surface area contributed by atoms with Crippen LogP contribution in [-0.4, -0.2) is 22.8 Å². The summed E-state index contributed by atoms with van der Waals surface area (Å²) in [5, 5.41) is 2.60. The van der Waals surface area contributed by atoms with Gasteiger partial charge in [0.1, 0.15) is 4.90 Å². The zero-order chi connectivity index (χ0) is 14.2. The van der Waals surface area contributed by atoms with Crippen molar-refractivity contribution >= 4 is 33.3 Å². The number of nitrogens with zero attached hydrogens (tertiary/aromatic N) is 1. The van der Waals surface area contributed by atoms with Crippen LogP contribution in [0.4, 0.5) is 0 Å². The van der Waals surface area contributed by atoms with Crippen molar-refractivity contribution in [3.05, 3.63) is 50.4 Å². The highest BCUT2D eigenvalue weighted by Gasteiger charge is 2.17. The highest BCUT2D eigenvalue weighted by Crippen LogP contribution is 2.28. The number of rotatable bonds is 3. The summed E-state index contributed by atoms with van der Waals surface area (Å²) in [7, 11) is -4.44. The Balaban J connectivity index is 2.48. The summed E-state index contributed by atoms with van der Waals surface area (Å²) < 4.78 is 32.3. The fraction of sp³-hybridized carbons (Fsp3) is 0.100. The van der Waals surface area contributed by atoms with Crippen molar-refractivity contribution in [1.29, 1.82) is 0 Å². The first kappa shape index (κ1) is 14.1. The van der Waals surface area contributed by atoms with Gasteiger partial charge < -0.3 is 5.10 Å². The lowest BCUT2D eigenvalue weighted by molar-refractivity contribution is 0.483. The fourth-order valence-corrected chi connectivity index (χ4v) is 2.87. The second-order valence-electron chi connectivity index (χ2n) is 3.74. The van der Waals surface area contributed by atoms with Gasteiger partial charge in [-0.1, -0.05) is 23.2 Å². The van der Waals surface area contributed by atoms with Crippen molar-refractivity contribution in [2.24, 2.45) is 0 Å². The van der Waals surface area contributed by atoms with E-state index in [4.69, 9.17) is 27.8 Å². The second-order valence-corrected chi connectivity index (χ2v) is 5.94. The minimum atomic E-state index is -4.44. The summed E-state index contributed by atoms with van der Waals surface area (Å²) in [6, 6.07) is 3.67. The molecule has 102 valence electrons. The normalized spacial score (nSPS) is 11.7. The number of aromatic nitrogens is 2. The molecular formula is C10H8Cl2N2O4S. The van der Waals surface area contributed by atoms with E-state index in [2.05, 4.69) is 5.10 Å². The number of halogens is 2. The molecule has 0 amide bonds. The Hall–Kier alpha value is -1.28. The maximum absolute atomic E-state index is 11.4. The van der Waals surface area contributed by atoms with Crippen LogP contribution in [0, 0.1) is 0 Å². The monoisotopic (exact) mass is 322 g/mol. The number of H-pyrrole nitrogens is 1. The van der Waals surface area contributed by atoms with E-state index in [1.807, 2.05) is 0 Å². The number of nitrogens with one attached hydrogen (secondary N) is 1. The summed E-state index contributed by atoms with van der Waals surface area (Å²) in [5.41, 5.74) is 0.190. The largest absolute Gasteiger partial charge is 0.303 e. The molecule has 0 unspecified atom stereocenters. The first-order valence-electron chi connectivity index (χ1n) is 4.98. The van der Waals surface area contributed by atoms with Gasteiger partial charge in [0, 0.05) is 17.3 Å². The molecule has 1 aromatic heterocycles. The maximum atomic E-state index is 11.4. The number of aromatic amines is 1. The number of hydrogen-bond donors (Lipinski definition) is 2. The van der Waals surface area contributed by atoms with Crippen LogP contribution in [0.3, 0.4) is 0 Å². The average Bonchev–Trinajstić information content (AvgIpc) is 2.68. The Bertz CT molecular complexity index is 779. The standard InChI is InChI=1S/C10H8Cl2N2O4S/c11-7-4-9(19(16,17)18)8(12)3-6(7)5-14-10(15)1-2-13-14/h1-4,13H,5H2,(H,16,17,18). The van der Waals surface area contributed by atoms with Gasteiger partial charge in [0.05, 0.1) is 11.6 Å². The summed E-state index contributed by atoms with van der Waals surface area (Å²) in [6.45, 7) is 0.107. The molecule has 6 nitrogen and oxygen atoms in total. The van der Waals surface area contributed by atoms with E-state index >= 15 is 0 Å². The van der Waals surface area contributed by atoms with Gasteiger partial charge >= 0.3 is 0 Å². The lowest BCUT2D eigenvalue weighted by atomic mass is 10.2. The Kier molecular flexibility index (Phi) is 3.73. The van der Waals surface area contributed by atoms with E-state index in [1.165, 1.54) is 23.0 Å². The average molecular weight is 323 g/mol. The van der Waals surface area contributed by atoms with Gasteiger partial charge in [-0.2, -0.15) is 8.42 Å². The van der Waals surface area contributed by atoms with E-state index < -0.39 is 15.0 Å². The number of hydrogen-bond acceptors (Lipinski definition) is 3. The molecular weight excluding hydrogens is 315 g/mol. The molecule has 0 aliphatic carbocycles. The zero-order valence-electron chi connectivity index (χ0n) is 9.30. The highest BCUT2D eigenvalue weighted by molar-refractivity contribution is 7.86. The van der Waals surface area contributed by atoms with Gasteiger partial charge in [0.15, 0.2) is 0 Å². The van der Waals surface area contributed by atoms with Gasteiger partial charge in [-0.25, -0.2) is 4.68 Å². The van der Waals surface area contributed by atoms with Crippen LogP contribution in [0.1, 0.15) is 5.56 Å². The molecule has 0 bridgehead atoms. The molecule has 0 atom stereocenters. The van der Waals surface area contributed by atoms with Crippen molar-refractivity contribution in [1.82, 2.24) is 9.78 Å². The molecule has 2 N–H and O–H groups in total. The molecule has 0 fully saturated rings. The molecule has 0 radical (unpaired) electrons. The van der Waals surface area contributed by atoms with E-state index in [1.54, 1.807) is 0 Å². The summed E-state index contributed by atoms with van der Waals surface area (Å²) in [4.78, 5) is 10.9. The molecule has 0 spiro atoms. The predicted molar refractivity (Wildman–Crippen MR) is 70.4 cm³/mol. The van der Waals surface area contributed by atoms with Crippen LogP contribution in [0.25, 0.3) is 0 Å². The van der Waals surface area contributed by atoms with Crippen LogP contribution in [0.15, 0.2) is 34.1 Å². The van der Waals surface area contributed by atoms with Gasteiger partial charge in [0.25, 0.3) is 15.7 Å². The molecule has 0 aliphatic heterocycles. The summed E-state index contributed by atoms with van der Waals surface area (Å²) >= 11 is 11.7. The minimum Gasteiger partial charge on any atom is -0.303 e. The van der Waals surface area contributed by atoms with Crippen LogP contribution < -0.4 is 5.56 Å². The zero-order valence-corrected chi connectivity index (χ0v) is 11.6.